The summed E-state index contributed by atoms with van der Waals surface area (Å²) in [5.74, 6) is -0.0891. The third kappa shape index (κ3) is 3.46. The maximum Gasteiger partial charge on any atom is 0.274 e. The Morgan fingerprint density at radius 2 is 2.00 bits per heavy atom. The number of hydrogen-bond donors (Lipinski definition) is 0. The topological polar surface area (TPSA) is 63.4 Å². The summed E-state index contributed by atoms with van der Waals surface area (Å²) in [6.07, 6.45) is 0. The Morgan fingerprint density at radius 1 is 1.29 bits per heavy atom. The lowest BCUT2D eigenvalue weighted by atomic mass is 10.1. The lowest BCUT2D eigenvalue weighted by Gasteiger charge is -2.20. The van der Waals surface area contributed by atoms with Crippen LogP contribution in [0, 0.1) is 17.0 Å². The summed E-state index contributed by atoms with van der Waals surface area (Å²) >= 11 is 1.44. The van der Waals surface area contributed by atoms with E-state index in [1.54, 1.807) is 29.2 Å². The summed E-state index contributed by atoms with van der Waals surface area (Å²) < 4.78 is 0. The van der Waals surface area contributed by atoms with Gasteiger partial charge in [0.2, 0.25) is 0 Å². The molecule has 0 saturated carbocycles. The molecule has 2 aromatic rings. The number of thiophene rings is 1. The smallest absolute Gasteiger partial charge is 0.274 e. The molecule has 0 N–H and O–H groups in total. The second-order valence-corrected chi connectivity index (χ2v) is 5.90. The van der Waals surface area contributed by atoms with Gasteiger partial charge in [-0.05, 0) is 26.0 Å². The van der Waals surface area contributed by atoms with Crippen molar-refractivity contribution in [1.82, 2.24) is 4.90 Å². The average Bonchev–Trinajstić information content (AvgIpc) is 2.91. The highest BCUT2D eigenvalue weighted by atomic mass is 32.1. The number of para-hydroxylation sites is 1. The molecule has 0 atom stereocenters. The molecule has 0 aliphatic heterocycles. The molecule has 0 spiro atoms. The number of nitro benzene ring substituents is 1. The van der Waals surface area contributed by atoms with Crippen LogP contribution in [-0.4, -0.2) is 22.3 Å². The minimum Gasteiger partial charge on any atom is -0.334 e. The van der Waals surface area contributed by atoms with Crippen LogP contribution in [-0.2, 0) is 6.54 Å². The van der Waals surface area contributed by atoms with Crippen LogP contribution in [0.1, 0.15) is 27.0 Å². The normalized spacial score (nSPS) is 10.4. The highest BCUT2D eigenvalue weighted by Crippen LogP contribution is 2.22. The summed E-state index contributed by atoms with van der Waals surface area (Å²) in [7, 11) is 0. The number of amides is 1. The fourth-order valence-corrected chi connectivity index (χ4v) is 2.90. The minimum atomic E-state index is -0.414. The van der Waals surface area contributed by atoms with E-state index in [-0.39, 0.29) is 18.1 Å². The molecule has 21 heavy (non-hydrogen) atoms. The van der Waals surface area contributed by atoms with Crippen LogP contribution < -0.4 is 0 Å². The first kappa shape index (κ1) is 15.2. The summed E-state index contributed by atoms with van der Waals surface area (Å²) in [5.41, 5.74) is 0.595. The van der Waals surface area contributed by atoms with Crippen LogP contribution in [0.3, 0.4) is 0 Å². The Balaban J connectivity index is 2.24. The zero-order chi connectivity index (χ0) is 15.4. The van der Waals surface area contributed by atoms with Gasteiger partial charge in [0.25, 0.3) is 11.6 Å². The molecule has 1 aromatic carbocycles. The Hall–Kier alpha value is -2.21. The zero-order valence-electron chi connectivity index (χ0n) is 11.9. The van der Waals surface area contributed by atoms with Crippen molar-refractivity contribution >= 4 is 22.9 Å². The van der Waals surface area contributed by atoms with Gasteiger partial charge in [-0.1, -0.05) is 18.2 Å². The molecule has 1 heterocycles. The van der Waals surface area contributed by atoms with E-state index < -0.39 is 4.92 Å². The predicted molar refractivity (Wildman–Crippen MR) is 82.6 cm³/mol. The predicted octanol–water partition coefficient (Wildman–Crippen LogP) is 3.63. The van der Waals surface area contributed by atoms with Gasteiger partial charge in [0.1, 0.15) is 0 Å². The van der Waals surface area contributed by atoms with Gasteiger partial charge >= 0.3 is 0 Å². The maximum atomic E-state index is 12.4. The molecule has 0 aliphatic carbocycles. The van der Waals surface area contributed by atoms with E-state index in [9.17, 15) is 14.9 Å². The van der Waals surface area contributed by atoms with Crippen LogP contribution in [0.15, 0.2) is 36.4 Å². The van der Waals surface area contributed by atoms with E-state index in [0.29, 0.717) is 17.0 Å². The van der Waals surface area contributed by atoms with E-state index in [1.807, 2.05) is 19.9 Å². The van der Waals surface area contributed by atoms with Gasteiger partial charge in [0.15, 0.2) is 0 Å². The van der Waals surface area contributed by atoms with Crippen molar-refractivity contribution in [3.8, 4) is 0 Å². The van der Waals surface area contributed by atoms with Crippen LogP contribution in [0.5, 0.6) is 0 Å². The lowest BCUT2D eigenvalue weighted by Crippen LogP contribution is -2.29. The van der Waals surface area contributed by atoms with E-state index in [0.717, 1.165) is 4.88 Å². The van der Waals surface area contributed by atoms with Crippen LogP contribution >= 0.6 is 11.3 Å². The number of nitro groups is 1. The van der Waals surface area contributed by atoms with Gasteiger partial charge in [-0.15, -0.1) is 11.3 Å². The summed E-state index contributed by atoms with van der Waals surface area (Å²) in [4.78, 5) is 26.4. The van der Waals surface area contributed by atoms with Crippen LogP contribution in [0.4, 0.5) is 5.69 Å². The molecule has 1 aromatic heterocycles. The molecule has 0 fully saturated rings. The Bertz CT molecular complexity index is 666. The quantitative estimate of drug-likeness (QED) is 0.626. The number of hydrogen-bond acceptors (Lipinski definition) is 4. The van der Waals surface area contributed by atoms with Crippen molar-refractivity contribution < 1.29 is 9.72 Å². The first-order chi connectivity index (χ1) is 10.0. The zero-order valence-corrected chi connectivity index (χ0v) is 12.7. The molecule has 0 saturated heterocycles. The van der Waals surface area contributed by atoms with E-state index >= 15 is 0 Å². The molecule has 2 rings (SSSR count). The molecule has 6 heteroatoms. The molecule has 0 unspecified atom stereocenters. The van der Waals surface area contributed by atoms with Crippen LogP contribution in [0.25, 0.3) is 0 Å². The number of carbonyl (C=O) groups excluding carboxylic acids is 1. The van der Waals surface area contributed by atoms with Crippen molar-refractivity contribution in [3.63, 3.8) is 0 Å². The first-order valence-corrected chi connectivity index (χ1v) is 7.42. The highest BCUT2D eigenvalue weighted by Gasteiger charge is 2.20. The number of rotatable bonds is 5. The first-order valence-electron chi connectivity index (χ1n) is 6.61. The molecular formula is C15H16N2O3S. The SMILES string of the molecule is CCN(Cc1ccccc1[N+](=O)[O-])C(=O)c1ccc(C)s1. The number of benzene rings is 1. The Labute approximate surface area is 127 Å². The highest BCUT2D eigenvalue weighted by molar-refractivity contribution is 7.13. The molecule has 0 radical (unpaired) electrons. The largest absolute Gasteiger partial charge is 0.334 e. The number of carbonyl (C=O) groups is 1. The third-order valence-electron chi connectivity index (χ3n) is 3.17. The molecule has 110 valence electrons. The third-order valence-corrected chi connectivity index (χ3v) is 4.16. The van der Waals surface area contributed by atoms with E-state index in [4.69, 9.17) is 0 Å². The van der Waals surface area contributed by atoms with Crippen LogP contribution in [0.2, 0.25) is 0 Å². The summed E-state index contributed by atoms with van der Waals surface area (Å²) in [6, 6.07) is 10.2. The van der Waals surface area contributed by atoms with E-state index in [2.05, 4.69) is 0 Å². The van der Waals surface area contributed by atoms with Gasteiger partial charge in [0, 0.05) is 23.1 Å². The maximum absolute atomic E-state index is 12.4. The number of aryl methyl sites for hydroxylation is 1. The fourth-order valence-electron chi connectivity index (χ4n) is 2.06. The second kappa shape index (κ2) is 6.49. The van der Waals surface area contributed by atoms with Gasteiger partial charge in [-0.2, -0.15) is 0 Å². The fraction of sp³-hybridized carbons (Fsp3) is 0.267. The molecule has 5 nitrogen and oxygen atoms in total. The van der Waals surface area contributed by atoms with E-state index in [1.165, 1.54) is 17.4 Å². The minimum absolute atomic E-state index is 0.0473. The van der Waals surface area contributed by atoms with Crippen molar-refractivity contribution in [2.45, 2.75) is 20.4 Å². The van der Waals surface area contributed by atoms with Crippen molar-refractivity contribution in [2.75, 3.05) is 6.54 Å². The summed E-state index contributed by atoms with van der Waals surface area (Å²) in [6.45, 7) is 4.55. The standard InChI is InChI=1S/C15H16N2O3S/c1-3-16(15(18)14-9-8-11(2)21-14)10-12-6-4-5-7-13(12)17(19)20/h4-9H,3,10H2,1-2H3. The van der Waals surface area contributed by atoms with Gasteiger partial charge in [-0.3, -0.25) is 14.9 Å². The monoisotopic (exact) mass is 304 g/mol. The average molecular weight is 304 g/mol. The summed E-state index contributed by atoms with van der Waals surface area (Å²) in [5, 5.41) is 11.0. The van der Waals surface area contributed by atoms with Crippen molar-refractivity contribution in [3.05, 3.63) is 61.8 Å². The Morgan fingerprint density at radius 3 is 2.57 bits per heavy atom. The van der Waals surface area contributed by atoms with Crippen molar-refractivity contribution in [2.24, 2.45) is 0 Å². The molecule has 0 bridgehead atoms. The molecule has 1 amide bonds. The molecular weight excluding hydrogens is 288 g/mol. The number of nitrogens with zero attached hydrogens (tertiary/aromatic N) is 2. The van der Waals surface area contributed by atoms with Gasteiger partial charge in [-0.25, -0.2) is 0 Å². The van der Waals surface area contributed by atoms with Gasteiger partial charge in [0.05, 0.1) is 16.3 Å². The second-order valence-electron chi connectivity index (χ2n) is 4.62. The molecule has 0 aliphatic rings. The Kier molecular flexibility index (Phi) is 4.70. The lowest BCUT2D eigenvalue weighted by molar-refractivity contribution is -0.385. The van der Waals surface area contributed by atoms with Gasteiger partial charge < -0.3 is 4.90 Å². The van der Waals surface area contributed by atoms with Crippen molar-refractivity contribution in [1.29, 1.82) is 0 Å².